The van der Waals surface area contributed by atoms with Gasteiger partial charge in [0.2, 0.25) is 0 Å². The van der Waals surface area contributed by atoms with Gasteiger partial charge in [0.1, 0.15) is 0 Å². The molecule has 3 rings (SSSR count). The van der Waals surface area contributed by atoms with Crippen molar-refractivity contribution in [3.63, 3.8) is 0 Å². The highest BCUT2D eigenvalue weighted by molar-refractivity contribution is 5.79. The van der Waals surface area contributed by atoms with Gasteiger partial charge < -0.3 is 5.11 Å². The van der Waals surface area contributed by atoms with Crippen molar-refractivity contribution < 1.29 is 9.90 Å². The molecule has 4 nitrogen and oxygen atoms in total. The lowest BCUT2D eigenvalue weighted by Gasteiger charge is -2.29. The third kappa shape index (κ3) is 3.54. The maximum Gasteiger partial charge on any atom is 0.310 e. The quantitative estimate of drug-likeness (QED) is 0.755. The van der Waals surface area contributed by atoms with Crippen molar-refractivity contribution >= 4 is 5.97 Å². The van der Waals surface area contributed by atoms with E-state index in [4.69, 9.17) is 0 Å². The predicted molar refractivity (Wildman–Crippen MR) is 87.4 cm³/mol. The van der Waals surface area contributed by atoms with Gasteiger partial charge in [-0.05, 0) is 44.4 Å². The molecule has 3 aliphatic rings. The minimum absolute atomic E-state index is 0.270. The van der Waals surface area contributed by atoms with Gasteiger partial charge in [0, 0.05) is 26.2 Å². The zero-order chi connectivity index (χ0) is 15.4. The highest BCUT2D eigenvalue weighted by atomic mass is 16.4. The summed E-state index contributed by atoms with van der Waals surface area (Å²) in [5.74, 6) is -0.316. The Balaban J connectivity index is 1.64. The van der Waals surface area contributed by atoms with Gasteiger partial charge in [-0.25, -0.2) is 10.0 Å². The Bertz CT molecular complexity index is 423. The molecule has 4 heteroatoms. The zero-order valence-corrected chi connectivity index (χ0v) is 13.7. The molecule has 0 spiro atoms. The van der Waals surface area contributed by atoms with Crippen LogP contribution < -0.4 is 0 Å². The summed E-state index contributed by atoms with van der Waals surface area (Å²) in [5, 5.41) is 14.6. The van der Waals surface area contributed by atoms with Crippen LogP contribution in [0.2, 0.25) is 0 Å². The summed E-state index contributed by atoms with van der Waals surface area (Å²) in [6.45, 7) is 4.33. The van der Waals surface area contributed by atoms with Gasteiger partial charge in [-0.2, -0.15) is 0 Å². The van der Waals surface area contributed by atoms with Crippen LogP contribution in [-0.4, -0.2) is 47.3 Å². The second kappa shape index (κ2) is 7.14. The van der Waals surface area contributed by atoms with Crippen LogP contribution in [0.3, 0.4) is 0 Å². The van der Waals surface area contributed by atoms with Crippen LogP contribution in [0.5, 0.6) is 0 Å². The van der Waals surface area contributed by atoms with Crippen LogP contribution >= 0.6 is 0 Å². The molecule has 0 aromatic heterocycles. The molecule has 0 amide bonds. The number of carbonyl (C=O) groups is 1. The fourth-order valence-electron chi connectivity index (χ4n) is 4.13. The molecule has 124 valence electrons. The Kier molecular flexibility index (Phi) is 5.19. The number of fused-ring (bicyclic) bond motifs is 2. The minimum Gasteiger partial charge on any atom is -0.481 e. The first-order chi connectivity index (χ1) is 10.7. The van der Waals surface area contributed by atoms with Crippen molar-refractivity contribution in [1.82, 2.24) is 10.0 Å². The Labute approximate surface area is 134 Å². The van der Waals surface area contributed by atoms with Crippen molar-refractivity contribution in [3.8, 4) is 0 Å². The first-order valence-electron chi connectivity index (χ1n) is 9.12. The molecule has 0 aromatic rings. The molecule has 2 heterocycles. The number of hydrazine groups is 1. The molecule has 1 aliphatic carbocycles. The number of carboxylic acids is 1. The van der Waals surface area contributed by atoms with Gasteiger partial charge in [-0.3, -0.25) is 4.79 Å². The van der Waals surface area contributed by atoms with Crippen LogP contribution in [-0.2, 0) is 4.79 Å². The Morgan fingerprint density at radius 2 is 1.64 bits per heavy atom. The van der Waals surface area contributed by atoms with E-state index in [9.17, 15) is 9.90 Å². The van der Waals surface area contributed by atoms with Gasteiger partial charge in [-0.15, -0.1) is 0 Å². The van der Waals surface area contributed by atoms with Gasteiger partial charge in [0.25, 0.3) is 0 Å². The molecular weight excluding hydrogens is 276 g/mol. The molecule has 1 saturated heterocycles. The summed E-state index contributed by atoms with van der Waals surface area (Å²) >= 11 is 0. The lowest BCUT2D eigenvalue weighted by atomic mass is 9.98. The molecule has 0 bridgehead atoms. The van der Waals surface area contributed by atoms with Crippen LogP contribution in [0.15, 0.2) is 12.2 Å². The number of hydrogen-bond donors (Lipinski definition) is 1. The van der Waals surface area contributed by atoms with Gasteiger partial charge in [-0.1, -0.05) is 31.4 Å². The molecule has 0 radical (unpaired) electrons. The van der Waals surface area contributed by atoms with E-state index >= 15 is 0 Å². The van der Waals surface area contributed by atoms with Gasteiger partial charge in [0.05, 0.1) is 5.41 Å². The second-order valence-electron chi connectivity index (χ2n) is 7.27. The normalized spacial score (nSPS) is 35.2. The molecule has 2 fully saturated rings. The summed E-state index contributed by atoms with van der Waals surface area (Å²) in [6.07, 6.45) is 14.9. The lowest BCUT2D eigenvalue weighted by Crippen LogP contribution is -2.39. The van der Waals surface area contributed by atoms with E-state index in [0.717, 1.165) is 45.4 Å². The standard InChI is InChI=1S/C18H30N2O2/c21-17(22)18-10-14-20-13-8-12-19(20)11-7-5-3-1-2-4-6-9-16(18)15-18/h6,9,16H,1-5,7-8,10-15H2,(H,21,22). The van der Waals surface area contributed by atoms with Crippen LogP contribution in [0.4, 0.5) is 0 Å². The van der Waals surface area contributed by atoms with Crippen molar-refractivity contribution in [2.24, 2.45) is 11.3 Å². The largest absolute Gasteiger partial charge is 0.481 e. The van der Waals surface area contributed by atoms with E-state index in [0.29, 0.717) is 0 Å². The third-order valence-corrected chi connectivity index (χ3v) is 5.76. The number of nitrogens with zero attached hydrogens (tertiary/aromatic N) is 2. The molecule has 22 heavy (non-hydrogen) atoms. The summed E-state index contributed by atoms with van der Waals surface area (Å²) in [4.78, 5) is 11.7. The van der Waals surface area contributed by atoms with E-state index in [1.54, 1.807) is 0 Å². The first kappa shape index (κ1) is 16.0. The number of allylic oxidation sites excluding steroid dienone is 2. The molecule has 2 unspecified atom stereocenters. The fourth-order valence-corrected chi connectivity index (χ4v) is 4.13. The monoisotopic (exact) mass is 306 g/mol. The van der Waals surface area contributed by atoms with E-state index in [2.05, 4.69) is 22.2 Å². The van der Waals surface area contributed by atoms with Crippen LogP contribution in [0.1, 0.15) is 57.8 Å². The van der Waals surface area contributed by atoms with Crippen LogP contribution in [0.25, 0.3) is 0 Å². The summed E-state index contributed by atoms with van der Waals surface area (Å²) in [6, 6.07) is 0. The molecule has 1 saturated carbocycles. The SMILES string of the molecule is O=C(O)C12CCN3CCCN3CCCCCCCC=CC1C2. The first-order valence-corrected chi connectivity index (χ1v) is 9.12. The maximum atomic E-state index is 11.7. The van der Waals surface area contributed by atoms with Crippen molar-refractivity contribution in [2.75, 3.05) is 26.2 Å². The Hall–Kier alpha value is -0.870. The van der Waals surface area contributed by atoms with Gasteiger partial charge in [0.15, 0.2) is 0 Å². The number of hydrogen-bond acceptors (Lipinski definition) is 3. The Morgan fingerprint density at radius 1 is 0.955 bits per heavy atom. The molecule has 0 aromatic carbocycles. The zero-order valence-electron chi connectivity index (χ0n) is 13.7. The average molecular weight is 306 g/mol. The van der Waals surface area contributed by atoms with Gasteiger partial charge >= 0.3 is 5.97 Å². The van der Waals surface area contributed by atoms with Crippen molar-refractivity contribution in [3.05, 3.63) is 12.2 Å². The third-order valence-electron chi connectivity index (χ3n) is 5.76. The minimum atomic E-state index is -0.586. The molecule has 2 aliphatic heterocycles. The molecule has 1 N–H and O–H groups in total. The number of carboxylic acid groups (broad SMARTS) is 1. The number of rotatable bonds is 1. The summed E-state index contributed by atoms with van der Waals surface area (Å²) in [7, 11) is 0. The fraction of sp³-hybridized carbons (Fsp3) is 0.833. The average Bonchev–Trinajstić information content (AvgIpc) is 3.04. The van der Waals surface area contributed by atoms with E-state index < -0.39 is 11.4 Å². The van der Waals surface area contributed by atoms with Crippen molar-refractivity contribution in [1.29, 1.82) is 0 Å². The van der Waals surface area contributed by atoms with Crippen molar-refractivity contribution in [2.45, 2.75) is 57.8 Å². The smallest absolute Gasteiger partial charge is 0.310 e. The molecular formula is C18H30N2O2. The highest BCUT2D eigenvalue weighted by Crippen LogP contribution is 2.56. The van der Waals surface area contributed by atoms with E-state index in [-0.39, 0.29) is 5.92 Å². The maximum absolute atomic E-state index is 11.7. The summed E-state index contributed by atoms with van der Waals surface area (Å²) in [5.41, 5.74) is -0.467. The highest BCUT2D eigenvalue weighted by Gasteiger charge is 2.58. The Morgan fingerprint density at radius 3 is 2.45 bits per heavy atom. The predicted octanol–water partition coefficient (Wildman–Crippen LogP) is 3.30. The van der Waals surface area contributed by atoms with E-state index in [1.807, 2.05) is 0 Å². The topological polar surface area (TPSA) is 43.8 Å². The number of aliphatic carboxylic acids is 1. The second-order valence-corrected chi connectivity index (χ2v) is 7.27. The molecule has 2 atom stereocenters. The van der Waals surface area contributed by atoms with E-state index in [1.165, 1.54) is 38.5 Å². The lowest BCUT2D eigenvalue weighted by molar-refractivity contribution is -0.144. The summed E-state index contributed by atoms with van der Waals surface area (Å²) < 4.78 is 0. The van der Waals surface area contributed by atoms with Crippen LogP contribution in [0, 0.1) is 11.3 Å².